The number of aromatic nitrogens is 2. The van der Waals surface area contributed by atoms with Crippen molar-refractivity contribution in [3.8, 4) is 0 Å². The average Bonchev–Trinajstić information content (AvgIpc) is 2.97. The van der Waals surface area contributed by atoms with Crippen molar-refractivity contribution in [2.75, 3.05) is 5.73 Å². The van der Waals surface area contributed by atoms with Gasteiger partial charge in [-0.25, -0.2) is 4.98 Å². The van der Waals surface area contributed by atoms with E-state index in [1.807, 2.05) is 0 Å². The first-order valence-corrected chi connectivity index (χ1v) is 4.87. The zero-order chi connectivity index (χ0) is 11.4. The Morgan fingerprint density at radius 2 is 1.94 bits per heavy atom. The summed E-state index contributed by atoms with van der Waals surface area (Å²) in [5.74, 6) is -1.22. The number of fused-ring (bicyclic) bond motifs is 1. The molecule has 82 valence electrons. The summed E-state index contributed by atoms with van der Waals surface area (Å²) in [7, 11) is 0. The Labute approximate surface area is 89.3 Å². The number of aromatic amines is 1. The molecule has 0 aromatic carbocycles. The highest BCUT2D eigenvalue weighted by atomic mass is 16.2. The zero-order valence-electron chi connectivity index (χ0n) is 8.19. The number of anilines is 1. The number of amides is 2. The summed E-state index contributed by atoms with van der Waals surface area (Å²) in [6, 6.07) is -0.0742. The molecule has 7 nitrogen and oxygen atoms in total. The fourth-order valence-corrected chi connectivity index (χ4v) is 1.83. The van der Waals surface area contributed by atoms with E-state index in [2.05, 4.69) is 9.97 Å². The molecule has 1 aromatic heterocycles. The molecule has 0 bridgehead atoms. The van der Waals surface area contributed by atoms with Gasteiger partial charge in [0.15, 0.2) is 5.69 Å². The molecule has 0 unspecified atom stereocenters. The highest BCUT2D eigenvalue weighted by Gasteiger charge is 2.46. The standard InChI is InChI=1S/C9H8N4O3/c10-9-11-5-4(6(14)12-9)7(15)13(8(5)16)3-1-2-3/h3H,1-2H2,(H3,10,11,12,14). The lowest BCUT2D eigenvalue weighted by Gasteiger charge is -2.10. The van der Waals surface area contributed by atoms with E-state index in [9.17, 15) is 14.4 Å². The molecule has 1 saturated carbocycles. The number of carbonyl (C=O) groups excluding carboxylic acids is 2. The maximum Gasteiger partial charge on any atom is 0.280 e. The van der Waals surface area contributed by atoms with Gasteiger partial charge >= 0.3 is 0 Å². The Balaban J connectivity index is 2.22. The van der Waals surface area contributed by atoms with Gasteiger partial charge in [0.25, 0.3) is 17.4 Å². The van der Waals surface area contributed by atoms with Crippen molar-refractivity contribution in [3.63, 3.8) is 0 Å². The molecule has 1 aromatic rings. The quantitative estimate of drug-likeness (QED) is 0.597. The van der Waals surface area contributed by atoms with Crippen molar-refractivity contribution in [2.45, 2.75) is 18.9 Å². The van der Waals surface area contributed by atoms with E-state index in [4.69, 9.17) is 5.73 Å². The van der Waals surface area contributed by atoms with Crippen LogP contribution in [-0.2, 0) is 0 Å². The third-order valence-electron chi connectivity index (χ3n) is 2.70. The fourth-order valence-electron chi connectivity index (χ4n) is 1.83. The molecule has 0 saturated heterocycles. The molecule has 0 spiro atoms. The number of rotatable bonds is 1. The van der Waals surface area contributed by atoms with Crippen LogP contribution in [0.4, 0.5) is 5.95 Å². The Kier molecular flexibility index (Phi) is 1.52. The summed E-state index contributed by atoms with van der Waals surface area (Å²) < 4.78 is 0. The summed E-state index contributed by atoms with van der Waals surface area (Å²) in [4.78, 5) is 42.2. The average molecular weight is 220 g/mol. The maximum atomic E-state index is 11.8. The summed E-state index contributed by atoms with van der Waals surface area (Å²) in [5.41, 5.74) is 4.36. The number of nitrogens with two attached hydrogens (primary N) is 1. The van der Waals surface area contributed by atoms with E-state index in [0.717, 1.165) is 17.7 Å². The first-order valence-electron chi connectivity index (χ1n) is 4.87. The monoisotopic (exact) mass is 220 g/mol. The van der Waals surface area contributed by atoms with Crippen molar-refractivity contribution < 1.29 is 9.59 Å². The van der Waals surface area contributed by atoms with Crippen LogP contribution in [0.25, 0.3) is 0 Å². The predicted octanol–water partition coefficient (Wildman–Crippen LogP) is -0.890. The van der Waals surface area contributed by atoms with Gasteiger partial charge in [0, 0.05) is 6.04 Å². The number of nitrogen functional groups attached to an aromatic ring is 1. The van der Waals surface area contributed by atoms with Crippen molar-refractivity contribution in [3.05, 3.63) is 21.6 Å². The molecule has 7 heteroatoms. The van der Waals surface area contributed by atoms with Crippen LogP contribution in [0.5, 0.6) is 0 Å². The van der Waals surface area contributed by atoms with Gasteiger partial charge in [0.2, 0.25) is 5.95 Å². The number of imide groups is 1. The summed E-state index contributed by atoms with van der Waals surface area (Å²) in [6.45, 7) is 0. The van der Waals surface area contributed by atoms with Crippen molar-refractivity contribution in [1.82, 2.24) is 14.9 Å². The van der Waals surface area contributed by atoms with Crippen LogP contribution in [0, 0.1) is 0 Å². The van der Waals surface area contributed by atoms with Gasteiger partial charge in [0.1, 0.15) is 5.56 Å². The van der Waals surface area contributed by atoms with Crippen molar-refractivity contribution in [1.29, 1.82) is 0 Å². The van der Waals surface area contributed by atoms with Crippen LogP contribution in [0.2, 0.25) is 0 Å². The molecule has 0 atom stereocenters. The van der Waals surface area contributed by atoms with Crippen molar-refractivity contribution >= 4 is 17.8 Å². The lowest BCUT2D eigenvalue weighted by molar-refractivity contribution is 0.0640. The van der Waals surface area contributed by atoms with Gasteiger partial charge in [-0.05, 0) is 12.8 Å². The SMILES string of the molecule is Nc1nc2c(c(=O)[nH]1)C(=O)N(C1CC1)C2=O. The number of carbonyl (C=O) groups is 2. The number of nitrogens with zero attached hydrogens (tertiary/aromatic N) is 2. The van der Waals surface area contributed by atoms with E-state index < -0.39 is 17.4 Å². The smallest absolute Gasteiger partial charge is 0.280 e. The van der Waals surface area contributed by atoms with Crippen LogP contribution in [0.3, 0.4) is 0 Å². The number of hydrogen-bond acceptors (Lipinski definition) is 5. The van der Waals surface area contributed by atoms with Crippen LogP contribution < -0.4 is 11.3 Å². The molecule has 0 radical (unpaired) electrons. The normalized spacial score (nSPS) is 19.1. The van der Waals surface area contributed by atoms with Gasteiger partial charge in [0.05, 0.1) is 0 Å². The van der Waals surface area contributed by atoms with Crippen LogP contribution in [0.1, 0.15) is 33.7 Å². The molecule has 1 aliphatic heterocycles. The fraction of sp³-hybridized carbons (Fsp3) is 0.333. The van der Waals surface area contributed by atoms with E-state index in [1.54, 1.807) is 0 Å². The number of nitrogens with one attached hydrogen (secondary N) is 1. The molecule has 16 heavy (non-hydrogen) atoms. The van der Waals surface area contributed by atoms with Gasteiger partial charge in [-0.1, -0.05) is 0 Å². The van der Waals surface area contributed by atoms with Gasteiger partial charge < -0.3 is 5.73 Å². The topological polar surface area (TPSA) is 109 Å². The molecule has 3 N–H and O–H groups in total. The highest BCUT2D eigenvalue weighted by molar-refractivity contribution is 6.20. The third-order valence-corrected chi connectivity index (χ3v) is 2.70. The summed E-state index contributed by atoms with van der Waals surface area (Å²) in [5, 5.41) is 0. The second kappa shape index (κ2) is 2.69. The van der Waals surface area contributed by atoms with E-state index in [-0.39, 0.29) is 23.2 Å². The molecule has 2 heterocycles. The number of hydrogen-bond donors (Lipinski definition) is 2. The minimum Gasteiger partial charge on any atom is -0.369 e. The molecular weight excluding hydrogens is 212 g/mol. The lowest BCUT2D eigenvalue weighted by atomic mass is 10.2. The van der Waals surface area contributed by atoms with E-state index in [1.165, 1.54) is 0 Å². The van der Waals surface area contributed by atoms with Gasteiger partial charge in [-0.15, -0.1) is 0 Å². The van der Waals surface area contributed by atoms with Crippen LogP contribution >= 0.6 is 0 Å². The second-order valence-electron chi connectivity index (χ2n) is 3.89. The molecule has 1 aliphatic carbocycles. The van der Waals surface area contributed by atoms with Gasteiger partial charge in [-0.2, -0.15) is 0 Å². The van der Waals surface area contributed by atoms with Gasteiger partial charge in [-0.3, -0.25) is 24.3 Å². The molecule has 3 rings (SSSR count). The Morgan fingerprint density at radius 1 is 1.25 bits per heavy atom. The Bertz CT molecular complexity index is 573. The predicted molar refractivity (Wildman–Crippen MR) is 52.8 cm³/mol. The molecule has 2 amide bonds. The molecule has 1 fully saturated rings. The van der Waals surface area contributed by atoms with Crippen LogP contribution in [0.15, 0.2) is 4.79 Å². The zero-order valence-corrected chi connectivity index (χ0v) is 8.19. The maximum absolute atomic E-state index is 11.8. The van der Waals surface area contributed by atoms with Crippen molar-refractivity contribution in [2.24, 2.45) is 0 Å². The van der Waals surface area contributed by atoms with E-state index in [0.29, 0.717) is 0 Å². The first-order chi connectivity index (χ1) is 7.59. The highest BCUT2D eigenvalue weighted by Crippen LogP contribution is 2.32. The molecular formula is C9H8N4O3. The second-order valence-corrected chi connectivity index (χ2v) is 3.89. The first kappa shape index (κ1) is 9.08. The summed E-state index contributed by atoms with van der Waals surface area (Å²) >= 11 is 0. The summed E-state index contributed by atoms with van der Waals surface area (Å²) in [6.07, 6.45) is 1.58. The largest absolute Gasteiger partial charge is 0.369 e. The Hall–Kier alpha value is -2.18. The minimum absolute atomic E-state index is 0.0742. The van der Waals surface area contributed by atoms with E-state index >= 15 is 0 Å². The molecule has 2 aliphatic rings. The lowest BCUT2D eigenvalue weighted by Crippen LogP contribution is -2.32. The number of H-pyrrole nitrogens is 1. The van der Waals surface area contributed by atoms with Crippen LogP contribution in [-0.4, -0.2) is 32.7 Å². The third kappa shape index (κ3) is 1.02. The minimum atomic E-state index is -0.649. The Morgan fingerprint density at radius 3 is 2.56 bits per heavy atom.